The third kappa shape index (κ3) is 2.17. The minimum absolute atomic E-state index is 0.0255. The number of aromatic nitrogens is 1. The lowest BCUT2D eigenvalue weighted by molar-refractivity contribution is 0.211. The van der Waals surface area contributed by atoms with E-state index in [1.807, 2.05) is 16.8 Å². The van der Waals surface area contributed by atoms with Crippen LogP contribution in [0.15, 0.2) is 48.7 Å². The number of fused-ring (bicyclic) bond motifs is 2. The zero-order valence-corrected chi connectivity index (χ0v) is 11.2. The highest BCUT2D eigenvalue weighted by atomic mass is 19.1. The molecule has 3 aromatic rings. The van der Waals surface area contributed by atoms with Gasteiger partial charge >= 0.3 is 0 Å². The molecule has 1 unspecified atom stereocenters. The lowest BCUT2D eigenvalue weighted by Crippen LogP contribution is -2.20. The van der Waals surface area contributed by atoms with Gasteiger partial charge in [0.2, 0.25) is 0 Å². The fourth-order valence-corrected chi connectivity index (χ4v) is 2.94. The molecule has 0 fully saturated rings. The molecule has 21 heavy (non-hydrogen) atoms. The van der Waals surface area contributed by atoms with Crippen molar-refractivity contribution in [1.29, 1.82) is 0 Å². The van der Waals surface area contributed by atoms with Gasteiger partial charge in [0.1, 0.15) is 23.5 Å². The predicted molar refractivity (Wildman–Crippen MR) is 76.4 cm³/mol. The molecule has 0 bridgehead atoms. The van der Waals surface area contributed by atoms with Crippen LogP contribution in [0.1, 0.15) is 5.56 Å². The SMILES string of the molecule is Fc1ccc2c(c1)CC(Cn1ccc3cc(F)ccc31)O2. The van der Waals surface area contributed by atoms with Crippen LogP contribution in [0.4, 0.5) is 8.78 Å². The molecule has 2 heterocycles. The highest BCUT2D eigenvalue weighted by molar-refractivity contribution is 5.80. The van der Waals surface area contributed by atoms with E-state index in [0.29, 0.717) is 13.0 Å². The predicted octanol–water partition coefficient (Wildman–Crippen LogP) is 3.92. The van der Waals surface area contributed by atoms with Gasteiger partial charge in [-0.15, -0.1) is 0 Å². The van der Waals surface area contributed by atoms with Crippen LogP contribution in [0.25, 0.3) is 10.9 Å². The van der Waals surface area contributed by atoms with Gasteiger partial charge < -0.3 is 9.30 Å². The molecule has 1 aromatic heterocycles. The van der Waals surface area contributed by atoms with Crippen molar-refractivity contribution in [2.75, 3.05) is 0 Å². The van der Waals surface area contributed by atoms with Crippen molar-refractivity contribution in [2.45, 2.75) is 19.1 Å². The molecule has 1 aliphatic heterocycles. The van der Waals surface area contributed by atoms with Crippen LogP contribution in [0.3, 0.4) is 0 Å². The summed E-state index contributed by atoms with van der Waals surface area (Å²) in [4.78, 5) is 0. The van der Waals surface area contributed by atoms with Crippen molar-refractivity contribution < 1.29 is 13.5 Å². The molecule has 4 rings (SSSR count). The van der Waals surface area contributed by atoms with Gasteiger partial charge in [-0.25, -0.2) is 8.78 Å². The Morgan fingerprint density at radius 3 is 2.76 bits per heavy atom. The van der Waals surface area contributed by atoms with Crippen LogP contribution in [0.2, 0.25) is 0 Å². The van der Waals surface area contributed by atoms with Gasteiger partial charge in [0.25, 0.3) is 0 Å². The molecule has 2 nitrogen and oxygen atoms in total. The number of ether oxygens (including phenoxy) is 1. The minimum Gasteiger partial charge on any atom is -0.488 e. The molecule has 1 atom stereocenters. The molecule has 0 saturated carbocycles. The van der Waals surface area contributed by atoms with E-state index in [4.69, 9.17) is 4.74 Å². The number of hydrogen-bond acceptors (Lipinski definition) is 1. The molecule has 0 radical (unpaired) electrons. The molecule has 106 valence electrons. The Kier molecular flexibility index (Phi) is 2.70. The zero-order valence-electron chi connectivity index (χ0n) is 11.2. The highest BCUT2D eigenvalue weighted by Gasteiger charge is 2.23. The summed E-state index contributed by atoms with van der Waals surface area (Å²) in [6, 6.07) is 11.2. The maximum atomic E-state index is 13.2. The largest absolute Gasteiger partial charge is 0.488 e. The van der Waals surface area contributed by atoms with Gasteiger partial charge in [-0.1, -0.05) is 0 Å². The summed E-state index contributed by atoms with van der Waals surface area (Å²) in [5.74, 6) is 0.282. The summed E-state index contributed by atoms with van der Waals surface area (Å²) in [6.07, 6.45) is 2.59. The first-order chi connectivity index (χ1) is 10.2. The molecule has 1 aliphatic rings. The maximum Gasteiger partial charge on any atom is 0.123 e. The van der Waals surface area contributed by atoms with Crippen LogP contribution in [-0.2, 0) is 13.0 Å². The average molecular weight is 285 g/mol. The molecule has 0 spiro atoms. The first kappa shape index (κ1) is 12.4. The smallest absolute Gasteiger partial charge is 0.123 e. The number of halogens is 2. The van der Waals surface area contributed by atoms with Crippen LogP contribution in [-0.4, -0.2) is 10.7 Å². The Morgan fingerprint density at radius 2 is 1.86 bits per heavy atom. The summed E-state index contributed by atoms with van der Waals surface area (Å²) in [7, 11) is 0. The standard InChI is InChI=1S/C17H13F2NO/c18-13-1-3-16-11(7-13)5-6-20(16)10-15-9-12-8-14(19)2-4-17(12)21-15/h1-8,15H,9-10H2. The Bertz CT molecular complexity index is 825. The maximum absolute atomic E-state index is 13.2. The first-order valence-electron chi connectivity index (χ1n) is 6.88. The van der Waals surface area contributed by atoms with E-state index in [2.05, 4.69) is 0 Å². The van der Waals surface area contributed by atoms with Gasteiger partial charge in [-0.3, -0.25) is 0 Å². The average Bonchev–Trinajstić information content (AvgIpc) is 3.02. The number of benzene rings is 2. The summed E-state index contributed by atoms with van der Waals surface area (Å²) >= 11 is 0. The van der Waals surface area contributed by atoms with Crippen molar-refractivity contribution >= 4 is 10.9 Å². The van der Waals surface area contributed by atoms with E-state index in [-0.39, 0.29) is 17.7 Å². The van der Waals surface area contributed by atoms with Crippen LogP contribution < -0.4 is 4.74 Å². The Labute approximate surface area is 120 Å². The van der Waals surface area contributed by atoms with Crippen molar-refractivity contribution in [3.05, 3.63) is 65.9 Å². The molecule has 4 heteroatoms. The fourth-order valence-electron chi connectivity index (χ4n) is 2.94. The number of rotatable bonds is 2. The van der Waals surface area contributed by atoms with Crippen LogP contribution in [0, 0.1) is 11.6 Å². The lowest BCUT2D eigenvalue weighted by Gasteiger charge is -2.12. The van der Waals surface area contributed by atoms with E-state index >= 15 is 0 Å². The second kappa shape index (κ2) is 4.58. The van der Waals surface area contributed by atoms with Crippen molar-refractivity contribution in [3.8, 4) is 5.75 Å². The molecule has 0 aliphatic carbocycles. The molecule has 0 amide bonds. The highest BCUT2D eigenvalue weighted by Crippen LogP contribution is 2.30. The number of nitrogens with zero attached hydrogens (tertiary/aromatic N) is 1. The topological polar surface area (TPSA) is 14.2 Å². The third-order valence-corrected chi connectivity index (χ3v) is 3.90. The van der Waals surface area contributed by atoms with Crippen LogP contribution >= 0.6 is 0 Å². The quantitative estimate of drug-likeness (QED) is 0.696. The summed E-state index contributed by atoms with van der Waals surface area (Å²) in [5, 5.41) is 0.872. The van der Waals surface area contributed by atoms with Crippen molar-refractivity contribution in [2.24, 2.45) is 0 Å². The van der Waals surface area contributed by atoms with Crippen LogP contribution in [0.5, 0.6) is 5.75 Å². The second-order valence-corrected chi connectivity index (χ2v) is 5.37. The third-order valence-electron chi connectivity index (χ3n) is 3.90. The zero-order chi connectivity index (χ0) is 14.4. The molecular formula is C17H13F2NO. The van der Waals surface area contributed by atoms with E-state index in [9.17, 15) is 8.78 Å². The monoisotopic (exact) mass is 285 g/mol. The van der Waals surface area contributed by atoms with Crippen molar-refractivity contribution in [3.63, 3.8) is 0 Å². The summed E-state index contributed by atoms with van der Waals surface area (Å²) < 4.78 is 34.3. The first-order valence-corrected chi connectivity index (χ1v) is 6.88. The fraction of sp³-hybridized carbons (Fsp3) is 0.176. The van der Waals surface area contributed by atoms with E-state index < -0.39 is 0 Å². The Hall–Kier alpha value is -2.36. The second-order valence-electron chi connectivity index (χ2n) is 5.37. The Balaban J connectivity index is 1.59. The van der Waals surface area contributed by atoms with Gasteiger partial charge in [0.15, 0.2) is 0 Å². The number of hydrogen-bond donors (Lipinski definition) is 0. The van der Waals surface area contributed by atoms with Gasteiger partial charge in [0, 0.05) is 29.1 Å². The molecule has 2 aromatic carbocycles. The molecular weight excluding hydrogens is 272 g/mol. The van der Waals surface area contributed by atoms with E-state index in [0.717, 1.165) is 22.2 Å². The van der Waals surface area contributed by atoms with Gasteiger partial charge in [-0.2, -0.15) is 0 Å². The van der Waals surface area contributed by atoms with Gasteiger partial charge in [-0.05, 0) is 42.5 Å². The molecule has 0 saturated heterocycles. The normalized spacial score (nSPS) is 17.0. The van der Waals surface area contributed by atoms with Crippen molar-refractivity contribution in [1.82, 2.24) is 4.57 Å². The van der Waals surface area contributed by atoms with E-state index in [1.165, 1.54) is 24.3 Å². The molecule has 0 N–H and O–H groups in total. The minimum atomic E-state index is -0.236. The van der Waals surface area contributed by atoms with E-state index in [1.54, 1.807) is 12.1 Å². The summed E-state index contributed by atoms with van der Waals surface area (Å²) in [6.45, 7) is 0.658. The van der Waals surface area contributed by atoms with Gasteiger partial charge in [0.05, 0.1) is 6.54 Å². The summed E-state index contributed by atoms with van der Waals surface area (Å²) in [5.41, 5.74) is 1.88. The Morgan fingerprint density at radius 1 is 1.05 bits per heavy atom. The lowest BCUT2D eigenvalue weighted by atomic mass is 10.1.